The predicted molar refractivity (Wildman–Crippen MR) is 131 cm³/mol. The summed E-state index contributed by atoms with van der Waals surface area (Å²) >= 11 is 0. The molecule has 0 aromatic heterocycles. The van der Waals surface area contributed by atoms with Gasteiger partial charge in [-0.3, -0.25) is 0 Å². The zero-order valence-electron chi connectivity index (χ0n) is 18.9. The molecule has 3 aromatic rings. The lowest BCUT2D eigenvalue weighted by molar-refractivity contribution is 0.845. The van der Waals surface area contributed by atoms with Crippen molar-refractivity contribution in [2.45, 2.75) is 40.5 Å². The zero-order chi connectivity index (χ0) is 21.1. The summed E-state index contributed by atoms with van der Waals surface area (Å²) in [5.41, 5.74) is 11.3. The molecule has 2 heteroatoms. The lowest BCUT2D eigenvalue weighted by Gasteiger charge is -2.28. The lowest BCUT2D eigenvalue weighted by atomic mass is 9.97. The van der Waals surface area contributed by atoms with Crippen molar-refractivity contribution < 1.29 is 0 Å². The molecule has 0 atom stereocenters. The maximum absolute atomic E-state index is 2.49. The van der Waals surface area contributed by atoms with Crippen LogP contribution in [0.15, 0.2) is 60.7 Å². The number of benzene rings is 3. The minimum absolute atomic E-state index is 0.972. The normalized spacial score (nSPS) is 11.9. The molecule has 1 aliphatic rings. The minimum atomic E-state index is 0.972. The highest BCUT2D eigenvalue weighted by molar-refractivity contribution is 5.77. The smallest absolute Gasteiger partial charge is 0.0422 e. The van der Waals surface area contributed by atoms with Crippen molar-refractivity contribution in [2.24, 2.45) is 0 Å². The first-order valence-corrected chi connectivity index (χ1v) is 11.5. The van der Waals surface area contributed by atoms with Gasteiger partial charge in [0.1, 0.15) is 0 Å². The van der Waals surface area contributed by atoms with Gasteiger partial charge in [-0.15, -0.1) is 0 Å². The van der Waals surface area contributed by atoms with Crippen molar-refractivity contribution in [1.29, 1.82) is 0 Å². The van der Waals surface area contributed by atoms with E-state index in [4.69, 9.17) is 0 Å². The van der Waals surface area contributed by atoms with Gasteiger partial charge in [0.2, 0.25) is 0 Å². The summed E-state index contributed by atoms with van der Waals surface area (Å²) in [6.07, 6.45) is 2.04. The van der Waals surface area contributed by atoms with E-state index in [1.165, 1.54) is 44.8 Å². The number of hydrogen-bond donors (Lipinski definition) is 0. The standard InChI is InChI=1S/C28H34N2/c1-5-29(6-2)25-16-15-24(28(20-25)30(7-3)8-4)17-21-13-14-23-19-22-11-9-10-12-26(22)27(23)18-21/h9-16,18,20H,5-8,17,19H2,1-4H3. The Bertz CT molecular complexity index is 1010. The fourth-order valence-corrected chi connectivity index (χ4v) is 4.85. The SMILES string of the molecule is CCN(CC)c1ccc(Cc2ccc3c(c2)-c2ccccc2C3)c(N(CC)CC)c1. The molecule has 0 saturated heterocycles. The van der Waals surface area contributed by atoms with E-state index in [2.05, 4.69) is 98.2 Å². The first kappa shape index (κ1) is 20.5. The van der Waals surface area contributed by atoms with Gasteiger partial charge in [0.05, 0.1) is 0 Å². The van der Waals surface area contributed by atoms with E-state index in [1.54, 1.807) is 0 Å². The number of anilines is 2. The summed E-state index contributed by atoms with van der Waals surface area (Å²) in [7, 11) is 0. The lowest BCUT2D eigenvalue weighted by Crippen LogP contribution is -2.25. The highest BCUT2D eigenvalue weighted by Gasteiger charge is 2.19. The fourth-order valence-electron chi connectivity index (χ4n) is 4.85. The maximum Gasteiger partial charge on any atom is 0.0422 e. The third-order valence-corrected chi connectivity index (χ3v) is 6.56. The molecule has 0 amide bonds. The molecule has 0 bridgehead atoms. The summed E-state index contributed by atoms with van der Waals surface area (Å²) in [6.45, 7) is 13.1. The van der Waals surface area contributed by atoms with Crippen LogP contribution in [0.25, 0.3) is 11.1 Å². The second-order valence-electron chi connectivity index (χ2n) is 8.16. The van der Waals surface area contributed by atoms with Gasteiger partial charge in [0.15, 0.2) is 0 Å². The fraction of sp³-hybridized carbons (Fsp3) is 0.357. The molecule has 0 N–H and O–H groups in total. The van der Waals surface area contributed by atoms with Crippen LogP contribution in [-0.2, 0) is 12.8 Å². The van der Waals surface area contributed by atoms with E-state index in [0.29, 0.717) is 0 Å². The molecule has 2 nitrogen and oxygen atoms in total. The van der Waals surface area contributed by atoms with E-state index in [0.717, 1.165) is 39.0 Å². The van der Waals surface area contributed by atoms with Crippen molar-refractivity contribution in [3.05, 3.63) is 82.9 Å². The Balaban J connectivity index is 1.70. The zero-order valence-corrected chi connectivity index (χ0v) is 18.9. The van der Waals surface area contributed by atoms with Crippen LogP contribution in [0.4, 0.5) is 11.4 Å². The second kappa shape index (κ2) is 8.95. The number of rotatable bonds is 8. The molecule has 3 aromatic carbocycles. The Kier molecular flexibility index (Phi) is 6.13. The quantitative estimate of drug-likeness (QED) is 0.332. The molecule has 0 aliphatic heterocycles. The third kappa shape index (κ3) is 3.84. The van der Waals surface area contributed by atoms with Crippen molar-refractivity contribution in [1.82, 2.24) is 0 Å². The van der Waals surface area contributed by atoms with Gasteiger partial charge in [-0.1, -0.05) is 48.5 Å². The summed E-state index contributed by atoms with van der Waals surface area (Å²) in [6, 6.07) is 23.0. The van der Waals surface area contributed by atoms with Gasteiger partial charge >= 0.3 is 0 Å². The Morgan fingerprint density at radius 1 is 0.667 bits per heavy atom. The molecule has 4 rings (SSSR count). The monoisotopic (exact) mass is 398 g/mol. The van der Waals surface area contributed by atoms with Crippen LogP contribution in [0.2, 0.25) is 0 Å². The molecule has 0 unspecified atom stereocenters. The van der Waals surface area contributed by atoms with Gasteiger partial charge in [0.25, 0.3) is 0 Å². The molecule has 1 aliphatic carbocycles. The van der Waals surface area contributed by atoms with Crippen LogP contribution >= 0.6 is 0 Å². The molecular weight excluding hydrogens is 364 g/mol. The Hall–Kier alpha value is -2.74. The molecular formula is C28H34N2. The van der Waals surface area contributed by atoms with E-state index in [9.17, 15) is 0 Å². The largest absolute Gasteiger partial charge is 0.372 e. The second-order valence-corrected chi connectivity index (χ2v) is 8.16. The van der Waals surface area contributed by atoms with Crippen LogP contribution in [0, 0.1) is 0 Å². The van der Waals surface area contributed by atoms with Crippen LogP contribution in [0.3, 0.4) is 0 Å². The highest BCUT2D eigenvalue weighted by Crippen LogP contribution is 2.38. The summed E-state index contributed by atoms with van der Waals surface area (Å²) in [5, 5.41) is 0. The van der Waals surface area contributed by atoms with Gasteiger partial charge in [-0.2, -0.15) is 0 Å². The third-order valence-electron chi connectivity index (χ3n) is 6.56. The first-order chi connectivity index (χ1) is 14.7. The van der Waals surface area contributed by atoms with Crippen molar-refractivity contribution in [3.63, 3.8) is 0 Å². The molecule has 156 valence electrons. The van der Waals surface area contributed by atoms with E-state index >= 15 is 0 Å². The Labute approximate surface area is 182 Å². The van der Waals surface area contributed by atoms with Crippen LogP contribution in [0.1, 0.15) is 49.9 Å². The summed E-state index contributed by atoms with van der Waals surface area (Å²) in [5.74, 6) is 0. The highest BCUT2D eigenvalue weighted by atomic mass is 15.1. The molecule has 0 spiro atoms. The van der Waals surface area contributed by atoms with Gasteiger partial charge in [0, 0.05) is 37.6 Å². The molecule has 0 saturated carbocycles. The topological polar surface area (TPSA) is 6.48 Å². The van der Waals surface area contributed by atoms with Crippen molar-refractivity contribution >= 4 is 11.4 Å². The Morgan fingerprint density at radius 2 is 1.37 bits per heavy atom. The van der Waals surface area contributed by atoms with E-state index in [1.807, 2.05) is 0 Å². The number of hydrogen-bond acceptors (Lipinski definition) is 2. The molecule has 0 heterocycles. The summed E-state index contributed by atoms with van der Waals surface area (Å²) < 4.78 is 0. The van der Waals surface area contributed by atoms with Gasteiger partial charge in [-0.05, 0) is 86.1 Å². The number of nitrogens with zero attached hydrogens (tertiary/aromatic N) is 2. The maximum atomic E-state index is 2.49. The molecule has 0 radical (unpaired) electrons. The average molecular weight is 399 g/mol. The Morgan fingerprint density at radius 3 is 2.10 bits per heavy atom. The minimum Gasteiger partial charge on any atom is -0.372 e. The van der Waals surface area contributed by atoms with Crippen molar-refractivity contribution in [2.75, 3.05) is 36.0 Å². The van der Waals surface area contributed by atoms with Gasteiger partial charge < -0.3 is 9.80 Å². The number of fused-ring (bicyclic) bond motifs is 3. The van der Waals surface area contributed by atoms with E-state index in [-0.39, 0.29) is 0 Å². The molecule has 0 fully saturated rings. The summed E-state index contributed by atoms with van der Waals surface area (Å²) in [4.78, 5) is 4.92. The van der Waals surface area contributed by atoms with E-state index < -0.39 is 0 Å². The van der Waals surface area contributed by atoms with Crippen molar-refractivity contribution in [3.8, 4) is 11.1 Å². The molecule has 30 heavy (non-hydrogen) atoms. The predicted octanol–water partition coefficient (Wildman–Crippen LogP) is 6.54. The van der Waals surface area contributed by atoms with Gasteiger partial charge in [-0.25, -0.2) is 0 Å². The van der Waals surface area contributed by atoms with Crippen LogP contribution < -0.4 is 9.80 Å². The van der Waals surface area contributed by atoms with Crippen LogP contribution in [0.5, 0.6) is 0 Å². The average Bonchev–Trinajstić information content (AvgIpc) is 3.15. The van der Waals surface area contributed by atoms with Crippen LogP contribution in [-0.4, -0.2) is 26.2 Å². The first-order valence-electron chi connectivity index (χ1n) is 11.5.